The molecule has 1 aromatic heterocycles. The molecule has 2 N–H and O–H groups in total. The highest BCUT2D eigenvalue weighted by molar-refractivity contribution is 5.28. The van der Waals surface area contributed by atoms with Crippen LogP contribution in [0.4, 0.5) is 8.78 Å². The third kappa shape index (κ3) is 5.09. The van der Waals surface area contributed by atoms with Crippen LogP contribution in [-0.4, -0.2) is 23.2 Å². The maximum Gasteiger partial charge on any atom is 0.387 e. The zero-order chi connectivity index (χ0) is 15.1. The van der Waals surface area contributed by atoms with Gasteiger partial charge in [-0.3, -0.25) is 4.98 Å². The molecule has 1 unspecified atom stereocenters. The molecule has 0 amide bonds. The third-order valence-electron chi connectivity index (χ3n) is 2.91. The van der Waals surface area contributed by atoms with Crippen molar-refractivity contribution in [2.75, 3.05) is 6.54 Å². The first-order chi connectivity index (χ1) is 10.1. The van der Waals surface area contributed by atoms with Crippen molar-refractivity contribution < 1.29 is 18.6 Å². The van der Waals surface area contributed by atoms with Crippen molar-refractivity contribution in [1.29, 1.82) is 0 Å². The van der Waals surface area contributed by atoms with Crippen LogP contribution < -0.4 is 10.1 Å². The highest BCUT2D eigenvalue weighted by Gasteiger charge is 2.09. The number of aliphatic hydroxyl groups is 1. The van der Waals surface area contributed by atoms with Crippen molar-refractivity contribution in [3.63, 3.8) is 0 Å². The molecule has 0 aliphatic rings. The number of rotatable bonds is 7. The van der Waals surface area contributed by atoms with Crippen LogP contribution >= 0.6 is 0 Å². The first-order valence-electron chi connectivity index (χ1n) is 6.47. The molecule has 0 radical (unpaired) electrons. The second-order valence-corrected chi connectivity index (χ2v) is 4.45. The summed E-state index contributed by atoms with van der Waals surface area (Å²) in [5.41, 5.74) is 1.71. The van der Waals surface area contributed by atoms with Crippen molar-refractivity contribution in [2.24, 2.45) is 0 Å². The molecule has 4 nitrogen and oxygen atoms in total. The molecule has 2 aromatic rings. The van der Waals surface area contributed by atoms with Crippen molar-refractivity contribution in [3.05, 3.63) is 59.9 Å². The first kappa shape index (κ1) is 15.3. The summed E-state index contributed by atoms with van der Waals surface area (Å²) >= 11 is 0. The summed E-state index contributed by atoms with van der Waals surface area (Å²) in [7, 11) is 0. The Balaban J connectivity index is 1.81. The maximum absolute atomic E-state index is 12.0. The highest BCUT2D eigenvalue weighted by atomic mass is 19.3. The minimum Gasteiger partial charge on any atom is -0.435 e. The number of benzene rings is 1. The number of nitrogens with one attached hydrogen (secondary N) is 1. The van der Waals surface area contributed by atoms with Crippen LogP contribution in [0, 0.1) is 0 Å². The number of nitrogens with zero attached hydrogens (tertiary/aromatic N) is 1. The van der Waals surface area contributed by atoms with E-state index in [1.165, 1.54) is 12.1 Å². The number of hydrogen-bond acceptors (Lipinski definition) is 4. The van der Waals surface area contributed by atoms with E-state index in [1.807, 2.05) is 12.1 Å². The second kappa shape index (κ2) is 7.66. The lowest BCUT2D eigenvalue weighted by atomic mass is 10.1. The van der Waals surface area contributed by atoms with Gasteiger partial charge in [0.15, 0.2) is 0 Å². The number of pyridine rings is 1. The molecule has 0 spiro atoms. The first-order valence-corrected chi connectivity index (χ1v) is 6.47. The second-order valence-electron chi connectivity index (χ2n) is 4.45. The molecule has 1 heterocycles. The molecule has 0 fully saturated rings. The van der Waals surface area contributed by atoms with Gasteiger partial charge in [0.25, 0.3) is 0 Å². The van der Waals surface area contributed by atoms with Gasteiger partial charge >= 0.3 is 6.61 Å². The van der Waals surface area contributed by atoms with Gasteiger partial charge in [-0.2, -0.15) is 8.78 Å². The van der Waals surface area contributed by atoms with Crippen LogP contribution in [-0.2, 0) is 6.54 Å². The Morgan fingerprint density at radius 1 is 1.10 bits per heavy atom. The largest absolute Gasteiger partial charge is 0.435 e. The lowest BCUT2D eigenvalue weighted by Gasteiger charge is -2.13. The van der Waals surface area contributed by atoms with E-state index < -0.39 is 12.7 Å². The van der Waals surface area contributed by atoms with Gasteiger partial charge in [-0.25, -0.2) is 0 Å². The molecule has 0 bridgehead atoms. The standard InChI is InChI=1S/C15H16F2N2O2/c16-15(17)21-13-3-1-12(2-4-13)14(20)10-19-9-11-5-7-18-8-6-11/h1-8,14-15,19-20H,9-10H2. The molecule has 0 aliphatic heterocycles. The minimum absolute atomic E-state index is 0.0747. The third-order valence-corrected chi connectivity index (χ3v) is 2.91. The van der Waals surface area contributed by atoms with Crippen molar-refractivity contribution in [1.82, 2.24) is 10.3 Å². The van der Waals surface area contributed by atoms with E-state index in [-0.39, 0.29) is 5.75 Å². The van der Waals surface area contributed by atoms with Gasteiger partial charge in [0.2, 0.25) is 0 Å². The Kier molecular flexibility index (Phi) is 5.59. The van der Waals surface area contributed by atoms with Crippen LogP contribution in [0.3, 0.4) is 0 Å². The monoisotopic (exact) mass is 294 g/mol. The summed E-state index contributed by atoms with van der Waals surface area (Å²) in [6.45, 7) is -1.87. The average Bonchev–Trinajstić information content (AvgIpc) is 2.48. The van der Waals surface area contributed by atoms with E-state index in [0.29, 0.717) is 18.7 Å². The van der Waals surface area contributed by atoms with E-state index in [4.69, 9.17) is 0 Å². The van der Waals surface area contributed by atoms with Crippen LogP contribution in [0.5, 0.6) is 5.75 Å². The molecular formula is C15H16F2N2O2. The van der Waals surface area contributed by atoms with Gasteiger partial charge in [0, 0.05) is 25.5 Å². The van der Waals surface area contributed by atoms with E-state index in [2.05, 4.69) is 15.0 Å². The average molecular weight is 294 g/mol. The Morgan fingerprint density at radius 2 is 1.76 bits per heavy atom. The molecular weight excluding hydrogens is 278 g/mol. The van der Waals surface area contributed by atoms with Crippen LogP contribution in [0.2, 0.25) is 0 Å². The molecule has 0 saturated carbocycles. The lowest BCUT2D eigenvalue weighted by Crippen LogP contribution is -2.21. The molecule has 1 atom stereocenters. The number of halogens is 2. The summed E-state index contributed by atoms with van der Waals surface area (Å²) in [6.07, 6.45) is 2.69. The zero-order valence-corrected chi connectivity index (χ0v) is 11.2. The maximum atomic E-state index is 12.0. The lowest BCUT2D eigenvalue weighted by molar-refractivity contribution is -0.0498. The Labute approximate surface area is 121 Å². The molecule has 21 heavy (non-hydrogen) atoms. The SMILES string of the molecule is OC(CNCc1ccncc1)c1ccc(OC(F)F)cc1. The van der Waals surface area contributed by atoms with Gasteiger partial charge < -0.3 is 15.2 Å². The molecule has 112 valence electrons. The topological polar surface area (TPSA) is 54.4 Å². The van der Waals surface area contributed by atoms with Crippen LogP contribution in [0.25, 0.3) is 0 Å². The minimum atomic E-state index is -2.84. The Hall–Kier alpha value is -2.05. The quantitative estimate of drug-likeness (QED) is 0.824. The highest BCUT2D eigenvalue weighted by Crippen LogP contribution is 2.19. The normalized spacial score (nSPS) is 12.4. The molecule has 1 aromatic carbocycles. The van der Waals surface area contributed by atoms with E-state index in [9.17, 15) is 13.9 Å². The van der Waals surface area contributed by atoms with E-state index >= 15 is 0 Å². The van der Waals surface area contributed by atoms with Crippen molar-refractivity contribution in [3.8, 4) is 5.75 Å². The Morgan fingerprint density at radius 3 is 2.38 bits per heavy atom. The molecule has 0 aliphatic carbocycles. The number of ether oxygens (including phenoxy) is 1. The summed E-state index contributed by atoms with van der Waals surface area (Å²) in [4.78, 5) is 3.92. The van der Waals surface area contributed by atoms with Gasteiger partial charge in [0.1, 0.15) is 5.75 Å². The fourth-order valence-electron chi connectivity index (χ4n) is 1.84. The van der Waals surface area contributed by atoms with Gasteiger partial charge in [-0.15, -0.1) is 0 Å². The predicted octanol–water partition coefficient (Wildman–Crippen LogP) is 2.51. The Bertz CT molecular complexity index is 535. The molecule has 0 saturated heterocycles. The zero-order valence-electron chi connectivity index (χ0n) is 11.2. The van der Waals surface area contributed by atoms with E-state index in [1.54, 1.807) is 24.5 Å². The van der Waals surface area contributed by atoms with E-state index in [0.717, 1.165) is 5.56 Å². The van der Waals surface area contributed by atoms with Crippen molar-refractivity contribution >= 4 is 0 Å². The fraction of sp³-hybridized carbons (Fsp3) is 0.267. The number of aromatic nitrogens is 1. The number of hydrogen-bond donors (Lipinski definition) is 2. The van der Waals surface area contributed by atoms with Crippen LogP contribution in [0.1, 0.15) is 17.2 Å². The summed E-state index contributed by atoms with van der Waals surface area (Å²) in [5, 5.41) is 13.1. The molecule has 2 rings (SSSR count). The predicted molar refractivity (Wildman–Crippen MR) is 74.0 cm³/mol. The number of aliphatic hydroxyl groups excluding tert-OH is 1. The number of alkyl halides is 2. The smallest absolute Gasteiger partial charge is 0.387 e. The summed E-state index contributed by atoms with van der Waals surface area (Å²) in [5.74, 6) is 0.0747. The van der Waals surface area contributed by atoms with Gasteiger partial charge in [-0.1, -0.05) is 12.1 Å². The van der Waals surface area contributed by atoms with Gasteiger partial charge in [-0.05, 0) is 35.4 Å². The fourth-order valence-corrected chi connectivity index (χ4v) is 1.84. The summed E-state index contributed by atoms with van der Waals surface area (Å²) in [6, 6.07) is 9.72. The van der Waals surface area contributed by atoms with Crippen LogP contribution in [0.15, 0.2) is 48.8 Å². The summed E-state index contributed by atoms with van der Waals surface area (Å²) < 4.78 is 28.3. The van der Waals surface area contributed by atoms with Crippen molar-refractivity contribution in [2.45, 2.75) is 19.3 Å². The molecule has 6 heteroatoms. The van der Waals surface area contributed by atoms with Gasteiger partial charge in [0.05, 0.1) is 6.10 Å².